The molecule has 1 amide bonds. The lowest BCUT2D eigenvalue weighted by atomic mass is 10.0. The Balaban J connectivity index is 0.00000133. The number of benzene rings is 1. The van der Waals surface area contributed by atoms with Crippen molar-refractivity contribution >= 4 is 18.5 Å². The zero-order valence-corrected chi connectivity index (χ0v) is 10.3. The van der Waals surface area contributed by atoms with Gasteiger partial charge in [-0.2, -0.15) is 0 Å². The van der Waals surface area contributed by atoms with E-state index in [1.807, 2.05) is 0 Å². The molecule has 8 heteroatoms. The van der Waals surface area contributed by atoms with E-state index in [9.17, 15) is 13.6 Å². The molecular weight excluding hydrogens is 284 g/mol. The molecule has 1 aromatic carbocycles. The number of hydrogen-bond donors (Lipinski definition) is 1. The highest BCUT2D eigenvalue weighted by atomic mass is 35.5. The van der Waals surface area contributed by atoms with Crippen molar-refractivity contribution in [3.05, 3.63) is 23.8 Å². The maximum absolute atomic E-state index is 12.8. The van der Waals surface area contributed by atoms with E-state index in [2.05, 4.69) is 14.8 Å². The number of alkyl halides is 2. The number of alkyl carbamates (subject to hydrolysis) is 1. The second-order valence-electron chi connectivity index (χ2n) is 4.00. The van der Waals surface area contributed by atoms with Gasteiger partial charge in [-0.3, -0.25) is 0 Å². The summed E-state index contributed by atoms with van der Waals surface area (Å²) >= 11 is 0. The molecule has 104 valence electrons. The molecule has 1 N–H and O–H groups in total. The number of hydrogen-bond acceptors (Lipinski definition) is 4. The highest BCUT2D eigenvalue weighted by Crippen LogP contribution is 2.42. The van der Waals surface area contributed by atoms with Crippen LogP contribution in [0, 0.1) is 0 Å². The average Bonchev–Trinajstić information content (AvgIpc) is 2.61. The van der Waals surface area contributed by atoms with E-state index in [4.69, 9.17) is 4.74 Å². The molecule has 0 saturated carbocycles. The van der Waals surface area contributed by atoms with Crippen molar-refractivity contribution in [3.63, 3.8) is 0 Å². The first-order valence-corrected chi connectivity index (χ1v) is 5.37. The number of carbonyl (C=O) groups is 1. The number of amides is 1. The molecule has 0 aromatic heterocycles. The van der Waals surface area contributed by atoms with Gasteiger partial charge in [0.1, 0.15) is 0 Å². The summed E-state index contributed by atoms with van der Waals surface area (Å²) in [7, 11) is 0. The Kier molecular flexibility index (Phi) is 3.40. The van der Waals surface area contributed by atoms with E-state index in [1.54, 1.807) is 6.07 Å². The molecule has 5 nitrogen and oxygen atoms in total. The Morgan fingerprint density at radius 2 is 2.00 bits per heavy atom. The first-order valence-electron chi connectivity index (χ1n) is 5.37. The third-order valence-corrected chi connectivity index (χ3v) is 2.76. The molecule has 2 aliphatic rings. The van der Waals surface area contributed by atoms with Gasteiger partial charge < -0.3 is 19.5 Å². The first-order chi connectivity index (χ1) is 8.53. The molecule has 2 aliphatic heterocycles. The number of halogens is 3. The topological polar surface area (TPSA) is 56.8 Å². The minimum Gasteiger partial charge on any atom is -0.449 e. The van der Waals surface area contributed by atoms with Gasteiger partial charge in [0.15, 0.2) is 11.5 Å². The minimum atomic E-state index is -3.63. The van der Waals surface area contributed by atoms with Crippen molar-refractivity contribution in [2.24, 2.45) is 0 Å². The third kappa shape index (κ3) is 2.65. The van der Waals surface area contributed by atoms with Gasteiger partial charge in [0.05, 0.1) is 12.6 Å². The highest BCUT2D eigenvalue weighted by Gasteiger charge is 2.43. The highest BCUT2D eigenvalue weighted by molar-refractivity contribution is 5.85. The summed E-state index contributed by atoms with van der Waals surface area (Å²) in [4.78, 5) is 11.1. The van der Waals surface area contributed by atoms with Gasteiger partial charge in [0, 0.05) is 6.42 Å². The molecule has 0 bridgehead atoms. The lowest BCUT2D eigenvalue weighted by Gasteiger charge is -2.23. The van der Waals surface area contributed by atoms with Crippen LogP contribution in [0.15, 0.2) is 18.2 Å². The predicted molar refractivity (Wildman–Crippen MR) is 61.7 cm³/mol. The normalized spacial score (nSPS) is 23.1. The maximum atomic E-state index is 12.8. The molecule has 0 spiro atoms. The SMILES string of the molecule is Cl.O=C1N[C@@H](c2ccc3c(c2)OC(F)(F)O3)CCO1. The van der Waals surface area contributed by atoms with Crippen LogP contribution in [0.25, 0.3) is 0 Å². The van der Waals surface area contributed by atoms with Gasteiger partial charge in [0.25, 0.3) is 0 Å². The summed E-state index contributed by atoms with van der Waals surface area (Å²) in [5.41, 5.74) is 0.673. The molecule has 19 heavy (non-hydrogen) atoms. The Morgan fingerprint density at radius 1 is 1.26 bits per heavy atom. The number of carbonyl (C=O) groups excluding carboxylic acids is 1. The molecule has 0 unspecified atom stereocenters. The molecule has 0 aliphatic carbocycles. The van der Waals surface area contributed by atoms with Crippen molar-refractivity contribution in [2.45, 2.75) is 18.8 Å². The maximum Gasteiger partial charge on any atom is 0.586 e. The van der Waals surface area contributed by atoms with E-state index in [0.717, 1.165) is 0 Å². The zero-order chi connectivity index (χ0) is 12.8. The molecule has 0 radical (unpaired) electrons. The van der Waals surface area contributed by atoms with Crippen molar-refractivity contribution in [2.75, 3.05) is 6.61 Å². The van der Waals surface area contributed by atoms with E-state index in [1.165, 1.54) is 12.1 Å². The molecule has 3 rings (SSSR count). The Morgan fingerprint density at radius 3 is 2.74 bits per heavy atom. The van der Waals surface area contributed by atoms with Crippen LogP contribution in [0.4, 0.5) is 13.6 Å². The van der Waals surface area contributed by atoms with E-state index >= 15 is 0 Å². The third-order valence-electron chi connectivity index (χ3n) is 2.76. The number of nitrogens with one attached hydrogen (secondary N) is 1. The molecular formula is C11H10ClF2NO4. The molecule has 1 atom stereocenters. The van der Waals surface area contributed by atoms with Crippen molar-refractivity contribution in [3.8, 4) is 11.5 Å². The summed E-state index contributed by atoms with van der Waals surface area (Å²) < 4.78 is 39.1. The summed E-state index contributed by atoms with van der Waals surface area (Å²) in [6.45, 7) is 0.293. The standard InChI is InChI=1S/C11H9F2NO4.ClH/c12-11(13)17-8-2-1-6(5-9(8)18-11)7-3-4-16-10(15)14-7;/h1-2,5,7H,3-4H2,(H,14,15);1H/t7-;/m1./s1. The molecule has 1 saturated heterocycles. The van der Waals surface area contributed by atoms with Gasteiger partial charge >= 0.3 is 12.4 Å². The lowest BCUT2D eigenvalue weighted by Crippen LogP contribution is -2.35. The van der Waals surface area contributed by atoms with E-state index in [0.29, 0.717) is 18.6 Å². The molecule has 1 fully saturated rings. The van der Waals surface area contributed by atoms with Crippen LogP contribution in [-0.4, -0.2) is 19.0 Å². The fraction of sp³-hybridized carbons (Fsp3) is 0.364. The van der Waals surface area contributed by atoms with Crippen LogP contribution < -0.4 is 14.8 Å². The number of cyclic esters (lactones) is 1. The Labute approximate surface area is 113 Å². The largest absolute Gasteiger partial charge is 0.586 e. The second kappa shape index (κ2) is 4.73. The zero-order valence-electron chi connectivity index (χ0n) is 9.52. The van der Waals surface area contributed by atoms with E-state index in [-0.39, 0.29) is 29.9 Å². The van der Waals surface area contributed by atoms with Crippen molar-refractivity contribution in [1.29, 1.82) is 0 Å². The minimum absolute atomic E-state index is 0. The van der Waals surface area contributed by atoms with Crippen LogP contribution in [0.3, 0.4) is 0 Å². The fourth-order valence-corrected chi connectivity index (χ4v) is 1.96. The number of rotatable bonds is 1. The second-order valence-corrected chi connectivity index (χ2v) is 4.00. The van der Waals surface area contributed by atoms with Gasteiger partial charge in [-0.25, -0.2) is 4.79 Å². The predicted octanol–water partition coefficient (Wildman–Crippen LogP) is 2.60. The fourth-order valence-electron chi connectivity index (χ4n) is 1.96. The van der Waals surface area contributed by atoms with Crippen LogP contribution in [0.1, 0.15) is 18.0 Å². The average molecular weight is 294 g/mol. The number of ether oxygens (including phenoxy) is 3. The quantitative estimate of drug-likeness (QED) is 0.865. The lowest BCUT2D eigenvalue weighted by molar-refractivity contribution is -0.286. The summed E-state index contributed by atoms with van der Waals surface area (Å²) in [5, 5.41) is 2.60. The van der Waals surface area contributed by atoms with Crippen molar-refractivity contribution in [1.82, 2.24) is 5.32 Å². The Bertz CT molecular complexity index is 511. The summed E-state index contributed by atoms with van der Waals surface area (Å²) in [6.07, 6.45) is -3.57. The Hall–Kier alpha value is -1.76. The van der Waals surface area contributed by atoms with Gasteiger partial charge in [-0.15, -0.1) is 21.2 Å². The van der Waals surface area contributed by atoms with E-state index < -0.39 is 12.4 Å². The smallest absolute Gasteiger partial charge is 0.449 e. The van der Waals surface area contributed by atoms with Crippen LogP contribution in [0.2, 0.25) is 0 Å². The van der Waals surface area contributed by atoms with Crippen LogP contribution >= 0.6 is 12.4 Å². The van der Waals surface area contributed by atoms with Crippen LogP contribution in [-0.2, 0) is 4.74 Å². The summed E-state index contributed by atoms with van der Waals surface area (Å²) in [6, 6.07) is 4.17. The first kappa shape index (κ1) is 13.7. The van der Waals surface area contributed by atoms with Gasteiger partial charge in [-0.1, -0.05) is 6.07 Å². The monoisotopic (exact) mass is 293 g/mol. The summed E-state index contributed by atoms with van der Waals surface area (Å²) in [5.74, 6) is -0.0413. The van der Waals surface area contributed by atoms with Crippen molar-refractivity contribution < 1.29 is 27.8 Å². The van der Waals surface area contributed by atoms with Gasteiger partial charge in [0.2, 0.25) is 0 Å². The molecule has 1 aromatic rings. The van der Waals surface area contributed by atoms with Gasteiger partial charge in [-0.05, 0) is 17.7 Å². The number of fused-ring (bicyclic) bond motifs is 1. The van der Waals surface area contributed by atoms with Crippen LogP contribution in [0.5, 0.6) is 11.5 Å². The molecule has 2 heterocycles.